The van der Waals surface area contributed by atoms with Crippen LogP contribution in [0.2, 0.25) is 0 Å². The van der Waals surface area contributed by atoms with Crippen molar-refractivity contribution in [1.29, 1.82) is 0 Å². The Kier molecular flexibility index (Phi) is 5.78. The highest BCUT2D eigenvalue weighted by atomic mass is 32.2. The SMILES string of the molecule is CC[C@@H]1CCCCN1C(=O)CSc1nnc(-c2cc(C)cc(C)c2)o1. The highest BCUT2D eigenvalue weighted by molar-refractivity contribution is 7.99. The van der Waals surface area contributed by atoms with Crippen molar-refractivity contribution in [2.45, 2.75) is 57.7 Å². The highest BCUT2D eigenvalue weighted by Crippen LogP contribution is 2.26. The number of thioether (sulfide) groups is 1. The van der Waals surface area contributed by atoms with Crippen molar-refractivity contribution in [2.75, 3.05) is 12.3 Å². The van der Waals surface area contributed by atoms with Crippen LogP contribution in [0.5, 0.6) is 0 Å². The van der Waals surface area contributed by atoms with Gasteiger partial charge in [-0.25, -0.2) is 0 Å². The van der Waals surface area contributed by atoms with Gasteiger partial charge in [-0.2, -0.15) is 0 Å². The molecule has 0 unspecified atom stereocenters. The molecule has 0 radical (unpaired) electrons. The van der Waals surface area contributed by atoms with Crippen LogP contribution in [0.1, 0.15) is 43.7 Å². The molecule has 1 aliphatic rings. The van der Waals surface area contributed by atoms with Gasteiger partial charge in [0.15, 0.2) is 0 Å². The Hall–Kier alpha value is -1.82. The molecule has 3 rings (SSSR count). The summed E-state index contributed by atoms with van der Waals surface area (Å²) in [6, 6.07) is 6.55. The monoisotopic (exact) mass is 359 g/mol. The Morgan fingerprint density at radius 2 is 2.00 bits per heavy atom. The molecule has 5 nitrogen and oxygen atoms in total. The highest BCUT2D eigenvalue weighted by Gasteiger charge is 2.25. The van der Waals surface area contributed by atoms with Crippen LogP contribution in [-0.4, -0.2) is 39.3 Å². The fraction of sp³-hybridized carbons (Fsp3) is 0.526. The van der Waals surface area contributed by atoms with E-state index in [9.17, 15) is 4.79 Å². The summed E-state index contributed by atoms with van der Waals surface area (Å²) in [7, 11) is 0. The first-order chi connectivity index (χ1) is 12.1. The zero-order valence-electron chi connectivity index (χ0n) is 15.1. The molecule has 2 heterocycles. The molecule has 1 aromatic heterocycles. The molecule has 134 valence electrons. The maximum absolute atomic E-state index is 12.5. The summed E-state index contributed by atoms with van der Waals surface area (Å²) in [5.74, 6) is 1.03. The molecule has 1 amide bonds. The molecule has 1 fully saturated rings. The summed E-state index contributed by atoms with van der Waals surface area (Å²) in [4.78, 5) is 14.5. The molecule has 2 aromatic rings. The quantitative estimate of drug-likeness (QED) is 0.748. The predicted octanol–water partition coefficient (Wildman–Crippen LogP) is 4.24. The van der Waals surface area contributed by atoms with Gasteiger partial charge in [0.05, 0.1) is 5.75 Å². The summed E-state index contributed by atoms with van der Waals surface area (Å²) in [5, 5.41) is 8.66. The lowest BCUT2D eigenvalue weighted by atomic mass is 10.0. The molecule has 1 aliphatic heterocycles. The number of amides is 1. The molecular formula is C19H25N3O2S. The van der Waals surface area contributed by atoms with Crippen LogP contribution in [0.4, 0.5) is 0 Å². The van der Waals surface area contributed by atoms with Crippen LogP contribution < -0.4 is 0 Å². The number of aromatic nitrogens is 2. The van der Waals surface area contributed by atoms with Crippen LogP contribution in [-0.2, 0) is 4.79 Å². The standard InChI is InChI=1S/C19H25N3O2S/c1-4-16-7-5-6-8-22(16)17(23)12-25-19-21-20-18(24-19)15-10-13(2)9-14(3)11-15/h9-11,16H,4-8,12H2,1-3H3/t16-/m1/s1. The third kappa shape index (κ3) is 4.42. The molecule has 0 spiro atoms. The first kappa shape index (κ1) is 18.0. The zero-order chi connectivity index (χ0) is 17.8. The van der Waals surface area contributed by atoms with E-state index in [1.54, 1.807) is 0 Å². The van der Waals surface area contributed by atoms with Crippen molar-refractivity contribution < 1.29 is 9.21 Å². The lowest BCUT2D eigenvalue weighted by Crippen LogP contribution is -2.44. The summed E-state index contributed by atoms with van der Waals surface area (Å²) in [6.45, 7) is 7.11. The number of hydrogen-bond donors (Lipinski definition) is 0. The van der Waals surface area contributed by atoms with Crippen LogP contribution in [0.3, 0.4) is 0 Å². The molecule has 25 heavy (non-hydrogen) atoms. The topological polar surface area (TPSA) is 59.2 Å². The van der Waals surface area contributed by atoms with Crippen LogP contribution in [0, 0.1) is 13.8 Å². The van der Waals surface area contributed by atoms with Gasteiger partial charge in [-0.3, -0.25) is 4.79 Å². The minimum absolute atomic E-state index is 0.169. The van der Waals surface area contributed by atoms with Crippen molar-refractivity contribution in [3.8, 4) is 11.5 Å². The number of carbonyl (C=O) groups is 1. The van der Waals surface area contributed by atoms with Gasteiger partial charge in [-0.05, 0) is 51.7 Å². The van der Waals surface area contributed by atoms with Gasteiger partial charge in [0.2, 0.25) is 11.8 Å². The molecule has 6 heteroatoms. The van der Waals surface area contributed by atoms with Crippen molar-refractivity contribution >= 4 is 17.7 Å². The van der Waals surface area contributed by atoms with E-state index in [-0.39, 0.29) is 5.91 Å². The Labute approximate surface area is 153 Å². The number of hydrogen-bond acceptors (Lipinski definition) is 5. The summed E-state index contributed by atoms with van der Waals surface area (Å²) in [5.41, 5.74) is 3.24. The number of carbonyl (C=O) groups excluding carboxylic acids is 1. The third-order valence-electron chi connectivity index (χ3n) is 4.61. The van der Waals surface area contributed by atoms with Crippen LogP contribution >= 0.6 is 11.8 Å². The molecule has 0 N–H and O–H groups in total. The number of benzene rings is 1. The van der Waals surface area contributed by atoms with Gasteiger partial charge in [-0.15, -0.1) is 10.2 Å². The van der Waals surface area contributed by atoms with E-state index in [4.69, 9.17) is 4.42 Å². The number of piperidine rings is 1. The maximum atomic E-state index is 12.5. The second-order valence-corrected chi connectivity index (χ2v) is 7.61. The zero-order valence-corrected chi connectivity index (χ0v) is 15.9. The van der Waals surface area contributed by atoms with Crippen LogP contribution in [0.25, 0.3) is 11.5 Å². The molecule has 1 aromatic carbocycles. The first-order valence-corrected chi connectivity index (χ1v) is 9.90. The maximum Gasteiger partial charge on any atom is 0.277 e. The Balaban J connectivity index is 1.62. The summed E-state index contributed by atoms with van der Waals surface area (Å²) >= 11 is 1.33. The molecule has 1 atom stereocenters. The van der Waals surface area contributed by atoms with Crippen molar-refractivity contribution in [1.82, 2.24) is 15.1 Å². The second-order valence-electron chi connectivity index (χ2n) is 6.68. The van der Waals surface area contributed by atoms with Gasteiger partial charge in [-0.1, -0.05) is 35.9 Å². The fourth-order valence-electron chi connectivity index (χ4n) is 3.44. The van der Waals surface area contributed by atoms with Gasteiger partial charge < -0.3 is 9.32 Å². The lowest BCUT2D eigenvalue weighted by molar-refractivity contribution is -0.132. The number of aryl methyl sites for hydroxylation is 2. The largest absolute Gasteiger partial charge is 0.411 e. The average molecular weight is 359 g/mol. The molecular weight excluding hydrogens is 334 g/mol. The van der Waals surface area contributed by atoms with Gasteiger partial charge >= 0.3 is 0 Å². The van der Waals surface area contributed by atoms with Gasteiger partial charge in [0.1, 0.15) is 0 Å². The molecule has 0 saturated carbocycles. The molecule has 0 aliphatic carbocycles. The van der Waals surface area contributed by atoms with Crippen molar-refractivity contribution in [2.24, 2.45) is 0 Å². The fourth-order valence-corrected chi connectivity index (χ4v) is 4.09. The van der Waals surface area contributed by atoms with E-state index in [2.05, 4.69) is 23.2 Å². The van der Waals surface area contributed by atoms with E-state index in [0.29, 0.717) is 22.9 Å². The number of rotatable bonds is 5. The van der Waals surface area contributed by atoms with E-state index in [0.717, 1.165) is 42.5 Å². The lowest BCUT2D eigenvalue weighted by Gasteiger charge is -2.35. The number of likely N-dealkylation sites (tertiary alicyclic amines) is 1. The molecule has 1 saturated heterocycles. The number of nitrogens with zero attached hydrogens (tertiary/aromatic N) is 3. The summed E-state index contributed by atoms with van der Waals surface area (Å²) < 4.78 is 5.74. The van der Waals surface area contributed by atoms with Crippen molar-refractivity contribution in [3.05, 3.63) is 29.3 Å². The van der Waals surface area contributed by atoms with E-state index < -0.39 is 0 Å². The van der Waals surface area contributed by atoms with E-state index in [1.807, 2.05) is 30.9 Å². The second kappa shape index (κ2) is 8.04. The molecule has 0 bridgehead atoms. The summed E-state index contributed by atoms with van der Waals surface area (Å²) in [6.07, 6.45) is 4.46. The Morgan fingerprint density at radius 3 is 2.72 bits per heavy atom. The van der Waals surface area contributed by atoms with Gasteiger partial charge in [0.25, 0.3) is 5.22 Å². The smallest absolute Gasteiger partial charge is 0.277 e. The van der Waals surface area contributed by atoms with Crippen LogP contribution in [0.15, 0.2) is 27.8 Å². The van der Waals surface area contributed by atoms with Gasteiger partial charge in [0, 0.05) is 18.2 Å². The normalized spacial score (nSPS) is 17.7. The Bertz CT molecular complexity index is 724. The Morgan fingerprint density at radius 1 is 1.24 bits per heavy atom. The average Bonchev–Trinajstić information content (AvgIpc) is 3.08. The minimum Gasteiger partial charge on any atom is -0.411 e. The van der Waals surface area contributed by atoms with E-state index >= 15 is 0 Å². The third-order valence-corrected chi connectivity index (χ3v) is 5.42. The predicted molar refractivity (Wildman–Crippen MR) is 99.6 cm³/mol. The van der Waals surface area contributed by atoms with Crippen molar-refractivity contribution in [3.63, 3.8) is 0 Å². The first-order valence-electron chi connectivity index (χ1n) is 8.91. The minimum atomic E-state index is 0.169. The van der Waals surface area contributed by atoms with E-state index in [1.165, 1.54) is 18.2 Å².